The predicted octanol–water partition coefficient (Wildman–Crippen LogP) is 13.1. The number of ether oxygens (including phenoxy) is 2. The monoisotopic (exact) mass is 830 g/mol. The first-order valence-electron chi connectivity index (χ1n) is 23.2. The molecule has 1 aliphatic carbocycles. The molecule has 0 radical (unpaired) electrons. The molecule has 0 N–H and O–H groups in total. The highest BCUT2D eigenvalue weighted by Gasteiger charge is 2.41. The second-order valence-electron chi connectivity index (χ2n) is 18.6. The van der Waals surface area contributed by atoms with E-state index in [1.54, 1.807) is 0 Å². The van der Waals surface area contributed by atoms with E-state index in [2.05, 4.69) is 200 Å². The molecule has 0 amide bonds. The largest absolute Gasteiger partial charge is 0.491 e. The summed E-state index contributed by atoms with van der Waals surface area (Å²) in [5.74, 6) is 1.88. The van der Waals surface area contributed by atoms with Crippen molar-refractivity contribution in [1.82, 2.24) is 0 Å². The van der Waals surface area contributed by atoms with E-state index in [1.165, 1.54) is 80.8 Å². The molecule has 0 aromatic heterocycles. The van der Waals surface area contributed by atoms with Crippen LogP contribution in [0.15, 0.2) is 180 Å². The minimum Gasteiger partial charge on any atom is -0.491 e. The average Bonchev–Trinajstić information content (AvgIpc) is 3.89. The Bertz CT molecular complexity index is 2650. The van der Waals surface area contributed by atoms with Crippen LogP contribution in [-0.2, 0) is 10.8 Å². The Kier molecular flexibility index (Phi) is 11.0. The summed E-state index contributed by atoms with van der Waals surface area (Å²) in [6.07, 6.45) is 15.7. The van der Waals surface area contributed by atoms with Gasteiger partial charge in [0.05, 0.1) is 13.1 Å². The standard InChI is InChI=1S/C58H60N3O2/c1-57(2)48-24-10-12-26-50(48)60(38-40-62-52-28-16-20-42-18-6-8-22-46(42)52)54(57)34-32-44-30-31-45(56(44)59-36-14-5-15-37-59)33-35-55-58(3,4)49-25-11-13-27-51(49)61(55)39-41-63-53-29-17-21-43-19-7-9-23-47(43)53/h6-13,16-29,32-35H,5,14-15,30-31,36-41H2,1-4H3/q+1. The van der Waals surface area contributed by atoms with Crippen molar-refractivity contribution < 1.29 is 14.0 Å². The van der Waals surface area contributed by atoms with Crippen molar-refractivity contribution >= 4 is 38.6 Å². The van der Waals surface area contributed by atoms with Gasteiger partial charge >= 0.3 is 0 Å². The summed E-state index contributed by atoms with van der Waals surface area (Å²) in [5.41, 5.74) is 12.0. The highest BCUT2D eigenvalue weighted by Crippen LogP contribution is 2.49. The van der Waals surface area contributed by atoms with Gasteiger partial charge in [0.1, 0.15) is 37.8 Å². The van der Waals surface area contributed by atoms with Crippen molar-refractivity contribution in [3.05, 3.63) is 191 Å². The van der Waals surface area contributed by atoms with Crippen molar-refractivity contribution in [2.75, 3.05) is 49.2 Å². The highest BCUT2D eigenvalue weighted by atomic mass is 16.5. The van der Waals surface area contributed by atoms with Gasteiger partial charge in [-0.15, -0.1) is 0 Å². The SMILES string of the molecule is CC1(C)/C(=C\C=C2/CC/C(=C\C=C3\N(CCOc4cccc5ccccc45)c4ccccc4C3(C)C)C2=[N+]2CCCCC2)N(CCOc2cccc3ccccc23)c2ccccc21. The molecule has 1 saturated heterocycles. The maximum Gasteiger partial charge on any atom is 0.206 e. The molecule has 5 nitrogen and oxygen atoms in total. The average molecular weight is 831 g/mol. The Balaban J connectivity index is 0.956. The summed E-state index contributed by atoms with van der Waals surface area (Å²) in [7, 11) is 0. The molecule has 3 aliphatic heterocycles. The molecular formula is C58H60N3O2+. The number of nitrogens with zero attached hydrogens (tertiary/aromatic N) is 3. The third-order valence-corrected chi connectivity index (χ3v) is 14.1. The number of anilines is 2. The molecule has 318 valence electrons. The zero-order chi connectivity index (χ0) is 43.0. The molecule has 10 rings (SSSR count). The Labute approximate surface area is 374 Å². The van der Waals surface area contributed by atoms with Crippen LogP contribution in [0.3, 0.4) is 0 Å². The maximum atomic E-state index is 6.55. The normalized spacial score (nSPS) is 20.4. The fraction of sp³-hybridized carbons (Fsp3) is 0.293. The van der Waals surface area contributed by atoms with Crippen LogP contribution in [0.1, 0.15) is 70.9 Å². The van der Waals surface area contributed by atoms with Crippen molar-refractivity contribution in [3.63, 3.8) is 0 Å². The van der Waals surface area contributed by atoms with Crippen LogP contribution in [0.2, 0.25) is 0 Å². The van der Waals surface area contributed by atoms with Crippen molar-refractivity contribution in [3.8, 4) is 11.5 Å². The lowest BCUT2D eigenvalue weighted by Crippen LogP contribution is -2.30. The summed E-state index contributed by atoms with van der Waals surface area (Å²) < 4.78 is 15.8. The summed E-state index contributed by atoms with van der Waals surface area (Å²) in [6, 6.07) is 47.5. The van der Waals surface area contributed by atoms with E-state index in [0.29, 0.717) is 13.2 Å². The summed E-state index contributed by atoms with van der Waals surface area (Å²) in [4.78, 5) is 5.01. The second kappa shape index (κ2) is 17.1. The molecule has 0 bridgehead atoms. The van der Waals surface area contributed by atoms with Gasteiger partial charge in [0.15, 0.2) is 0 Å². The fourth-order valence-electron chi connectivity index (χ4n) is 10.8. The minimum absolute atomic E-state index is 0.149. The van der Waals surface area contributed by atoms with Gasteiger partial charge in [-0.1, -0.05) is 149 Å². The number of piperidine rings is 1. The van der Waals surface area contributed by atoms with Crippen LogP contribution < -0.4 is 19.3 Å². The van der Waals surface area contributed by atoms with Crippen molar-refractivity contribution in [2.24, 2.45) is 0 Å². The molecule has 0 spiro atoms. The zero-order valence-electron chi connectivity index (χ0n) is 37.4. The van der Waals surface area contributed by atoms with Crippen molar-refractivity contribution in [2.45, 2.75) is 70.6 Å². The van der Waals surface area contributed by atoms with Gasteiger partial charge < -0.3 is 19.3 Å². The molecule has 1 saturated carbocycles. The van der Waals surface area contributed by atoms with E-state index in [0.717, 1.165) is 61.3 Å². The van der Waals surface area contributed by atoms with Crippen molar-refractivity contribution in [1.29, 1.82) is 0 Å². The minimum atomic E-state index is -0.149. The van der Waals surface area contributed by atoms with Gasteiger partial charge in [0.2, 0.25) is 5.71 Å². The summed E-state index contributed by atoms with van der Waals surface area (Å²) in [5, 5.41) is 4.72. The Hall–Kier alpha value is -6.33. The molecule has 2 fully saturated rings. The van der Waals surface area contributed by atoms with E-state index in [4.69, 9.17) is 9.47 Å². The Morgan fingerprint density at radius 3 is 1.41 bits per heavy atom. The van der Waals surface area contributed by atoms with Gasteiger partial charge in [-0.3, -0.25) is 0 Å². The van der Waals surface area contributed by atoms with E-state index in [-0.39, 0.29) is 10.8 Å². The molecule has 6 aromatic rings. The molecule has 63 heavy (non-hydrogen) atoms. The van der Waals surface area contributed by atoms with Gasteiger partial charge in [-0.2, -0.15) is 0 Å². The Morgan fingerprint density at radius 1 is 0.492 bits per heavy atom. The first kappa shape index (κ1) is 40.7. The van der Waals surface area contributed by atoms with E-state index >= 15 is 0 Å². The molecule has 5 heteroatoms. The lowest BCUT2D eigenvalue weighted by molar-refractivity contribution is -0.536. The molecule has 0 unspecified atom stereocenters. The van der Waals surface area contributed by atoms with Crippen LogP contribution in [0.25, 0.3) is 21.5 Å². The first-order chi connectivity index (χ1) is 30.8. The second-order valence-corrected chi connectivity index (χ2v) is 18.6. The summed E-state index contributed by atoms with van der Waals surface area (Å²) >= 11 is 0. The van der Waals surface area contributed by atoms with Gasteiger partial charge in [0, 0.05) is 68.4 Å². The number of rotatable bonds is 10. The lowest BCUT2D eigenvalue weighted by Gasteiger charge is -2.27. The molecule has 3 heterocycles. The third kappa shape index (κ3) is 7.66. The topological polar surface area (TPSA) is 27.9 Å². The quantitative estimate of drug-likeness (QED) is 0.129. The number of para-hydroxylation sites is 2. The van der Waals surface area contributed by atoms with Crippen LogP contribution in [0.5, 0.6) is 11.5 Å². The lowest BCUT2D eigenvalue weighted by atomic mass is 9.83. The number of hydrogen-bond donors (Lipinski definition) is 0. The molecule has 0 atom stereocenters. The number of benzene rings is 6. The highest BCUT2D eigenvalue weighted by molar-refractivity contribution is 6.12. The third-order valence-electron chi connectivity index (χ3n) is 14.1. The van der Waals surface area contributed by atoms with Crippen LogP contribution in [0.4, 0.5) is 11.4 Å². The number of fused-ring (bicyclic) bond motifs is 4. The van der Waals surface area contributed by atoms with Gasteiger partial charge in [-0.25, -0.2) is 4.58 Å². The van der Waals surface area contributed by atoms with E-state index in [1.807, 2.05) is 0 Å². The smallest absolute Gasteiger partial charge is 0.206 e. The predicted molar refractivity (Wildman–Crippen MR) is 263 cm³/mol. The van der Waals surface area contributed by atoms with Crippen LogP contribution in [-0.4, -0.2) is 49.7 Å². The molecular weight excluding hydrogens is 771 g/mol. The van der Waals surface area contributed by atoms with E-state index in [9.17, 15) is 0 Å². The Morgan fingerprint density at radius 2 is 0.921 bits per heavy atom. The van der Waals surface area contributed by atoms with Crippen LogP contribution >= 0.6 is 0 Å². The first-order valence-corrected chi connectivity index (χ1v) is 23.2. The van der Waals surface area contributed by atoms with Gasteiger partial charge in [-0.05, 0) is 77.6 Å². The van der Waals surface area contributed by atoms with Gasteiger partial charge in [0.25, 0.3) is 0 Å². The van der Waals surface area contributed by atoms with E-state index < -0.39 is 0 Å². The van der Waals surface area contributed by atoms with Crippen LogP contribution in [0, 0.1) is 0 Å². The number of allylic oxidation sites excluding steroid dienone is 8. The molecule has 6 aromatic carbocycles. The summed E-state index contributed by atoms with van der Waals surface area (Å²) in [6.45, 7) is 14.4. The zero-order valence-corrected chi connectivity index (χ0v) is 37.4. The number of hydrogen-bond acceptors (Lipinski definition) is 4. The molecule has 4 aliphatic rings. The maximum absolute atomic E-state index is 6.55. The fourth-order valence-corrected chi connectivity index (χ4v) is 10.8.